The number of allylic oxidation sites excluding steroid dienone is 1. The summed E-state index contributed by atoms with van der Waals surface area (Å²) in [5.74, 6) is -1.32. The molecule has 23 heavy (non-hydrogen) atoms. The van der Waals surface area contributed by atoms with Crippen LogP contribution >= 0.6 is 0 Å². The van der Waals surface area contributed by atoms with Gasteiger partial charge in [0, 0.05) is 18.8 Å². The topological polar surface area (TPSA) is 94.8 Å². The Labute approximate surface area is 138 Å². The van der Waals surface area contributed by atoms with Crippen molar-refractivity contribution in [2.24, 2.45) is 11.8 Å². The minimum Gasteiger partial charge on any atom is -0.481 e. The average Bonchev–Trinajstić information content (AvgIpc) is 2.75. The van der Waals surface area contributed by atoms with Crippen molar-refractivity contribution in [1.82, 2.24) is 0 Å². The highest BCUT2D eigenvalue weighted by atomic mass is 16.4. The van der Waals surface area contributed by atoms with E-state index in [0.29, 0.717) is 25.7 Å². The number of Topliss-reactive ketones (excluding diaryl/α,β-unsaturated/α-hetero) is 1. The fourth-order valence-electron chi connectivity index (χ4n) is 3.20. The molecular weight excluding hydrogens is 296 g/mol. The minimum atomic E-state index is -0.820. The number of hydrogen-bond acceptors (Lipinski definition) is 4. The highest BCUT2D eigenvalue weighted by molar-refractivity contribution is 5.85. The van der Waals surface area contributed by atoms with Crippen LogP contribution in [0, 0.1) is 11.8 Å². The standard InChI is InChI=1S/C18H30O5/c1-2-3-4-7-13(19)10-11-15-14(16(20)12-17(15)21)8-5-6-9-18(22)23/h10-11,13-16,19-20H,2-9,12H2,1H3,(H,22,23)/b11-10+/t13-,14-,15+,16+/m0/s1. The molecule has 0 amide bonds. The molecule has 5 nitrogen and oxygen atoms in total. The fourth-order valence-corrected chi connectivity index (χ4v) is 3.20. The van der Waals surface area contributed by atoms with Crippen LogP contribution in [-0.2, 0) is 9.59 Å². The van der Waals surface area contributed by atoms with Gasteiger partial charge in [0.05, 0.1) is 12.2 Å². The normalized spacial score (nSPS) is 26.0. The summed E-state index contributed by atoms with van der Waals surface area (Å²) in [4.78, 5) is 22.5. The maximum Gasteiger partial charge on any atom is 0.303 e. The molecule has 0 heterocycles. The van der Waals surface area contributed by atoms with E-state index >= 15 is 0 Å². The molecule has 0 unspecified atom stereocenters. The quantitative estimate of drug-likeness (QED) is 0.401. The molecule has 4 atom stereocenters. The number of carbonyl (C=O) groups excluding carboxylic acids is 1. The van der Waals surface area contributed by atoms with Gasteiger partial charge in [0.2, 0.25) is 0 Å². The van der Waals surface area contributed by atoms with E-state index in [0.717, 1.165) is 19.3 Å². The van der Waals surface area contributed by atoms with Crippen LogP contribution in [0.25, 0.3) is 0 Å². The smallest absolute Gasteiger partial charge is 0.303 e. The number of carboxylic acids is 1. The van der Waals surface area contributed by atoms with Crippen molar-refractivity contribution >= 4 is 11.8 Å². The van der Waals surface area contributed by atoms with Gasteiger partial charge in [0.15, 0.2) is 0 Å². The second kappa shape index (κ2) is 10.6. The molecule has 0 spiro atoms. The van der Waals surface area contributed by atoms with Crippen molar-refractivity contribution in [2.75, 3.05) is 0 Å². The van der Waals surface area contributed by atoms with Crippen LogP contribution in [0.4, 0.5) is 0 Å². The second-order valence-corrected chi connectivity index (χ2v) is 6.51. The van der Waals surface area contributed by atoms with E-state index < -0.39 is 18.2 Å². The molecule has 0 saturated heterocycles. The first kappa shape index (κ1) is 19.8. The molecule has 0 aromatic rings. The molecule has 3 N–H and O–H groups in total. The Morgan fingerprint density at radius 2 is 2.04 bits per heavy atom. The van der Waals surface area contributed by atoms with E-state index in [9.17, 15) is 19.8 Å². The van der Waals surface area contributed by atoms with E-state index in [4.69, 9.17) is 5.11 Å². The second-order valence-electron chi connectivity index (χ2n) is 6.51. The summed E-state index contributed by atoms with van der Waals surface area (Å²) in [6.45, 7) is 2.11. The molecular formula is C18H30O5. The predicted octanol–water partition coefficient (Wildman–Crippen LogP) is 2.69. The molecule has 5 heteroatoms. The summed E-state index contributed by atoms with van der Waals surface area (Å²) >= 11 is 0. The average molecular weight is 326 g/mol. The maximum atomic E-state index is 12.0. The third kappa shape index (κ3) is 7.27. The van der Waals surface area contributed by atoms with Crippen LogP contribution in [0.5, 0.6) is 0 Å². The third-order valence-corrected chi connectivity index (χ3v) is 4.56. The van der Waals surface area contributed by atoms with Crippen LogP contribution in [0.1, 0.15) is 64.7 Å². The molecule has 1 rings (SSSR count). The van der Waals surface area contributed by atoms with Gasteiger partial charge in [-0.05, 0) is 25.2 Å². The van der Waals surface area contributed by atoms with Gasteiger partial charge >= 0.3 is 5.97 Å². The van der Waals surface area contributed by atoms with Crippen molar-refractivity contribution in [1.29, 1.82) is 0 Å². The van der Waals surface area contributed by atoms with Crippen molar-refractivity contribution in [3.05, 3.63) is 12.2 Å². The molecule has 0 aliphatic heterocycles. The highest BCUT2D eigenvalue weighted by Gasteiger charge is 2.39. The molecule has 0 aromatic heterocycles. The Morgan fingerprint density at radius 1 is 1.30 bits per heavy atom. The van der Waals surface area contributed by atoms with Gasteiger partial charge < -0.3 is 15.3 Å². The molecule has 1 aliphatic carbocycles. The Morgan fingerprint density at radius 3 is 2.70 bits per heavy atom. The summed E-state index contributed by atoms with van der Waals surface area (Å²) in [5.41, 5.74) is 0. The number of unbranched alkanes of at least 4 members (excludes halogenated alkanes) is 3. The summed E-state index contributed by atoms with van der Waals surface area (Å²) in [7, 11) is 0. The molecule has 1 saturated carbocycles. The molecule has 132 valence electrons. The summed E-state index contributed by atoms with van der Waals surface area (Å²) in [6.07, 6.45) is 8.22. The van der Waals surface area contributed by atoms with Crippen LogP contribution in [0.3, 0.4) is 0 Å². The predicted molar refractivity (Wildman–Crippen MR) is 88.0 cm³/mol. The number of carboxylic acid groups (broad SMARTS) is 1. The van der Waals surface area contributed by atoms with Crippen LogP contribution in [0.2, 0.25) is 0 Å². The lowest BCUT2D eigenvalue weighted by molar-refractivity contribution is -0.137. The lowest BCUT2D eigenvalue weighted by Gasteiger charge is -2.18. The van der Waals surface area contributed by atoms with Gasteiger partial charge in [0.25, 0.3) is 0 Å². The number of aliphatic hydroxyl groups excluding tert-OH is 2. The Balaban J connectivity index is 2.48. The van der Waals surface area contributed by atoms with Crippen molar-refractivity contribution < 1.29 is 24.9 Å². The summed E-state index contributed by atoms with van der Waals surface area (Å²) in [5, 5.41) is 28.6. The van der Waals surface area contributed by atoms with E-state index in [1.165, 1.54) is 0 Å². The molecule has 1 fully saturated rings. The first-order valence-electron chi connectivity index (χ1n) is 8.74. The summed E-state index contributed by atoms with van der Waals surface area (Å²) in [6, 6.07) is 0. The first-order valence-corrected chi connectivity index (χ1v) is 8.74. The number of carbonyl (C=O) groups is 2. The molecule has 0 radical (unpaired) electrons. The minimum absolute atomic E-state index is 0.0118. The van der Waals surface area contributed by atoms with Gasteiger partial charge in [-0.1, -0.05) is 44.8 Å². The van der Waals surface area contributed by atoms with Crippen molar-refractivity contribution in [3.8, 4) is 0 Å². The first-order chi connectivity index (χ1) is 11.0. The Hall–Kier alpha value is -1.20. The van der Waals surface area contributed by atoms with E-state index in [2.05, 4.69) is 6.92 Å². The maximum absolute atomic E-state index is 12.0. The molecule has 1 aliphatic rings. The number of aliphatic carboxylic acids is 1. The van der Waals surface area contributed by atoms with Gasteiger partial charge in [-0.25, -0.2) is 0 Å². The zero-order valence-electron chi connectivity index (χ0n) is 14.0. The zero-order chi connectivity index (χ0) is 17.2. The van der Waals surface area contributed by atoms with Gasteiger partial charge in [-0.2, -0.15) is 0 Å². The lowest BCUT2D eigenvalue weighted by Crippen LogP contribution is -2.19. The van der Waals surface area contributed by atoms with Crippen LogP contribution < -0.4 is 0 Å². The number of hydrogen-bond donors (Lipinski definition) is 3. The zero-order valence-corrected chi connectivity index (χ0v) is 14.0. The summed E-state index contributed by atoms with van der Waals surface area (Å²) < 4.78 is 0. The molecule has 0 bridgehead atoms. The van der Waals surface area contributed by atoms with Crippen LogP contribution in [-0.4, -0.2) is 39.3 Å². The van der Waals surface area contributed by atoms with E-state index in [-0.39, 0.29) is 30.5 Å². The largest absolute Gasteiger partial charge is 0.481 e. The van der Waals surface area contributed by atoms with E-state index in [1.807, 2.05) is 0 Å². The lowest BCUT2D eigenvalue weighted by atomic mass is 9.88. The molecule has 0 aromatic carbocycles. The number of ketones is 1. The van der Waals surface area contributed by atoms with Crippen molar-refractivity contribution in [2.45, 2.75) is 76.9 Å². The Bertz CT molecular complexity index is 404. The van der Waals surface area contributed by atoms with Gasteiger partial charge in [0.1, 0.15) is 5.78 Å². The SMILES string of the molecule is CCCCC[C@H](O)/C=C/[C@H]1C(=O)C[C@@H](O)[C@H]1CCCCC(=O)O. The van der Waals surface area contributed by atoms with Crippen molar-refractivity contribution in [3.63, 3.8) is 0 Å². The fraction of sp³-hybridized carbons (Fsp3) is 0.778. The van der Waals surface area contributed by atoms with E-state index in [1.54, 1.807) is 12.2 Å². The van der Waals surface area contributed by atoms with Gasteiger partial charge in [-0.3, -0.25) is 9.59 Å². The monoisotopic (exact) mass is 326 g/mol. The number of rotatable bonds is 11. The third-order valence-electron chi connectivity index (χ3n) is 4.56. The van der Waals surface area contributed by atoms with Gasteiger partial charge in [-0.15, -0.1) is 0 Å². The number of aliphatic hydroxyl groups is 2. The van der Waals surface area contributed by atoms with Crippen LogP contribution in [0.15, 0.2) is 12.2 Å². The highest BCUT2D eigenvalue weighted by Crippen LogP contribution is 2.34. The Kier molecular flexibility index (Phi) is 9.10.